The number of hydrogen-bond acceptors (Lipinski definition) is 0. The first-order valence-corrected chi connectivity index (χ1v) is 13.6. The van der Waals surface area contributed by atoms with E-state index in [1.54, 1.807) is 0 Å². The molecular weight excluding hydrogens is 611 g/mol. The van der Waals surface area contributed by atoms with Gasteiger partial charge in [-0.05, 0) is 79.3 Å². The summed E-state index contributed by atoms with van der Waals surface area (Å²) in [4.78, 5) is 0. The van der Waals surface area contributed by atoms with Gasteiger partial charge in [0.15, 0.2) is 0 Å². The van der Waals surface area contributed by atoms with E-state index in [1.165, 1.54) is 55.6 Å². The summed E-state index contributed by atoms with van der Waals surface area (Å²) in [5.74, 6) is 0.918. The second-order valence-electron chi connectivity index (χ2n) is 13.0. The van der Waals surface area contributed by atoms with Gasteiger partial charge in [-0.15, -0.1) is 0 Å². The van der Waals surface area contributed by atoms with Crippen LogP contribution in [0, 0.1) is 0 Å². The molecule has 0 N–H and O–H groups in total. The van der Waals surface area contributed by atoms with Crippen molar-refractivity contribution in [2.24, 2.45) is 0 Å². The van der Waals surface area contributed by atoms with E-state index < -0.39 is 0 Å². The summed E-state index contributed by atoms with van der Waals surface area (Å²) in [6.07, 6.45) is 2.32. The summed E-state index contributed by atoms with van der Waals surface area (Å²) in [7, 11) is 0. The fourth-order valence-corrected chi connectivity index (χ4v) is 6.51. The molecule has 0 radical (unpaired) electrons. The molecule has 4 aromatic rings. The van der Waals surface area contributed by atoms with E-state index in [9.17, 15) is 0 Å². The number of fused-ring (bicyclic) bond motifs is 6. The third-order valence-corrected chi connectivity index (χ3v) is 8.58. The summed E-state index contributed by atoms with van der Waals surface area (Å²) in [5.41, 5.74) is 15.0. The molecule has 186 valence electrons. The minimum atomic E-state index is 0. The molecule has 0 aromatic heterocycles. The molecule has 0 nitrogen and oxygen atoms in total. The van der Waals surface area contributed by atoms with Gasteiger partial charge in [-0.25, -0.2) is 0 Å². The minimum absolute atomic E-state index is 0. The molecule has 0 spiro atoms. The zero-order valence-electron chi connectivity index (χ0n) is 23.2. The molecule has 1 heteroatoms. The molecule has 2 unspecified atom stereocenters. The molecule has 0 fully saturated rings. The smallest absolute Gasteiger partial charge is 0.0102 e. The van der Waals surface area contributed by atoms with Crippen molar-refractivity contribution in [1.29, 1.82) is 0 Å². The summed E-state index contributed by atoms with van der Waals surface area (Å²) < 4.78 is 0. The first-order chi connectivity index (χ1) is 17.1. The molecule has 2 aliphatic rings. The van der Waals surface area contributed by atoms with Crippen molar-refractivity contribution < 1.29 is 25.8 Å². The Bertz CT molecular complexity index is 1350. The molecule has 2 aliphatic carbocycles. The Morgan fingerprint density at radius 2 is 0.811 bits per heavy atom. The first-order valence-electron chi connectivity index (χ1n) is 13.6. The molecule has 37 heavy (non-hydrogen) atoms. The summed E-state index contributed by atoms with van der Waals surface area (Å²) in [6, 6.07) is 32.7. The minimum Gasteiger partial charge on any atom is -0.0619 e. The predicted molar refractivity (Wildman–Crippen MR) is 154 cm³/mol. The third kappa shape index (κ3) is 4.52. The van der Waals surface area contributed by atoms with Gasteiger partial charge < -0.3 is 0 Å². The van der Waals surface area contributed by atoms with Gasteiger partial charge in [-0.2, -0.15) is 0 Å². The Morgan fingerprint density at radius 3 is 1.19 bits per heavy atom. The summed E-state index contributed by atoms with van der Waals surface area (Å²) in [5, 5.41) is 0. The van der Waals surface area contributed by atoms with Crippen LogP contribution in [0.3, 0.4) is 0 Å². The van der Waals surface area contributed by atoms with E-state index in [1.807, 2.05) is 0 Å². The zero-order valence-corrected chi connectivity index (χ0v) is 26.7. The van der Waals surface area contributed by atoms with Gasteiger partial charge in [-0.3, -0.25) is 0 Å². The fourth-order valence-electron chi connectivity index (χ4n) is 6.51. The Labute approximate surface area is 242 Å². The largest absolute Gasteiger partial charge is 0.0619 e. The van der Waals surface area contributed by atoms with Gasteiger partial charge in [0, 0.05) is 37.7 Å². The van der Waals surface area contributed by atoms with Crippen LogP contribution in [0.4, 0.5) is 0 Å². The first kappa shape index (κ1) is 26.4. The molecule has 0 bridgehead atoms. The van der Waals surface area contributed by atoms with Crippen LogP contribution in [-0.4, -0.2) is 0 Å². The normalized spacial score (nSPS) is 17.5. The molecular formula is C36H38Hf. The van der Waals surface area contributed by atoms with Crippen molar-refractivity contribution in [2.45, 2.75) is 77.0 Å². The Hall–Kier alpha value is -2.25. The van der Waals surface area contributed by atoms with Crippen LogP contribution in [0.15, 0.2) is 84.9 Å². The van der Waals surface area contributed by atoms with Crippen molar-refractivity contribution in [3.8, 4) is 22.3 Å². The van der Waals surface area contributed by atoms with E-state index in [-0.39, 0.29) is 36.7 Å². The fraction of sp³-hybridized carbons (Fsp3) is 0.333. The summed E-state index contributed by atoms with van der Waals surface area (Å²) in [6.45, 7) is 13.9. The van der Waals surface area contributed by atoms with Crippen LogP contribution in [0.5, 0.6) is 0 Å². The Balaban J connectivity index is 0.00000280. The van der Waals surface area contributed by atoms with Gasteiger partial charge in [0.25, 0.3) is 0 Å². The molecule has 2 atom stereocenters. The maximum Gasteiger partial charge on any atom is 0.0102 e. The SMILES string of the molecule is CC(C)(C)c1ccc2c(c1)C(CCC1c3ccccc3-c3ccc(C(C)(C)C)cc31)c1ccccc1-2.[Hf]. The number of benzene rings is 4. The van der Waals surface area contributed by atoms with Crippen molar-refractivity contribution in [2.75, 3.05) is 0 Å². The van der Waals surface area contributed by atoms with Crippen LogP contribution < -0.4 is 0 Å². The van der Waals surface area contributed by atoms with Crippen LogP contribution in [0.2, 0.25) is 0 Å². The van der Waals surface area contributed by atoms with Crippen molar-refractivity contribution >= 4 is 0 Å². The maximum absolute atomic E-state index is 2.51. The van der Waals surface area contributed by atoms with Crippen LogP contribution in [0.25, 0.3) is 22.3 Å². The molecule has 0 amide bonds. The van der Waals surface area contributed by atoms with E-state index in [0.29, 0.717) is 11.8 Å². The van der Waals surface area contributed by atoms with Gasteiger partial charge >= 0.3 is 0 Å². The predicted octanol–water partition coefficient (Wildman–Crippen LogP) is 9.98. The van der Waals surface area contributed by atoms with E-state index >= 15 is 0 Å². The van der Waals surface area contributed by atoms with Crippen LogP contribution in [0.1, 0.15) is 99.6 Å². The van der Waals surface area contributed by atoms with Gasteiger partial charge in [0.05, 0.1) is 0 Å². The number of rotatable bonds is 3. The van der Waals surface area contributed by atoms with Crippen molar-refractivity contribution in [3.05, 3.63) is 118 Å². The second-order valence-corrected chi connectivity index (χ2v) is 13.0. The molecule has 0 heterocycles. The standard InChI is InChI=1S/C36H38.Hf/c1-35(2,3)23-15-17-29-25-11-7-9-13-27(25)31(33(29)21-23)19-20-32-28-14-10-8-12-26(28)30-18-16-24(22-34(30)32)36(4,5)6;/h7-18,21-22,31-32H,19-20H2,1-6H3;. The Kier molecular flexibility index (Phi) is 6.76. The van der Waals surface area contributed by atoms with E-state index in [2.05, 4.69) is 126 Å². The average molecular weight is 649 g/mol. The maximum atomic E-state index is 2.51. The quantitative estimate of drug-likeness (QED) is 0.194. The molecule has 0 aliphatic heterocycles. The molecule has 6 rings (SSSR count). The molecule has 4 aromatic carbocycles. The van der Waals surface area contributed by atoms with Crippen molar-refractivity contribution in [1.82, 2.24) is 0 Å². The molecule has 0 saturated carbocycles. The zero-order chi connectivity index (χ0) is 25.2. The van der Waals surface area contributed by atoms with E-state index in [0.717, 1.165) is 12.8 Å². The van der Waals surface area contributed by atoms with Gasteiger partial charge in [0.2, 0.25) is 0 Å². The topological polar surface area (TPSA) is 0 Å². The third-order valence-electron chi connectivity index (χ3n) is 8.58. The van der Waals surface area contributed by atoms with Crippen LogP contribution in [-0.2, 0) is 36.7 Å². The van der Waals surface area contributed by atoms with Crippen molar-refractivity contribution in [3.63, 3.8) is 0 Å². The van der Waals surface area contributed by atoms with Crippen LogP contribution >= 0.6 is 0 Å². The monoisotopic (exact) mass is 650 g/mol. The second kappa shape index (κ2) is 9.49. The summed E-state index contributed by atoms with van der Waals surface area (Å²) >= 11 is 0. The van der Waals surface area contributed by atoms with Gasteiger partial charge in [0.1, 0.15) is 0 Å². The Morgan fingerprint density at radius 1 is 0.459 bits per heavy atom. The van der Waals surface area contributed by atoms with Gasteiger partial charge in [-0.1, -0.05) is 126 Å². The van der Waals surface area contributed by atoms with E-state index in [4.69, 9.17) is 0 Å². The average Bonchev–Trinajstić information content (AvgIpc) is 3.33. The number of hydrogen-bond donors (Lipinski definition) is 0. The molecule has 0 saturated heterocycles.